The third-order valence-electron chi connectivity index (χ3n) is 7.29. The van der Waals surface area contributed by atoms with E-state index in [0.29, 0.717) is 0 Å². The average Bonchev–Trinajstić information content (AvgIpc) is 2.82. The zero-order chi connectivity index (χ0) is 22.0. The highest BCUT2D eigenvalue weighted by molar-refractivity contribution is 7.84. The van der Waals surface area contributed by atoms with E-state index in [0.717, 1.165) is 5.90 Å². The maximum Gasteiger partial charge on any atom is 0.221 e. The largest absolute Gasteiger partial charge is 0.358 e. The maximum absolute atomic E-state index is 6.51. The van der Waals surface area contributed by atoms with Crippen LogP contribution in [0.2, 0.25) is 0 Å². The number of rotatable bonds is 11. The third-order valence-corrected chi connectivity index (χ3v) is 19.4. The van der Waals surface area contributed by atoms with Gasteiger partial charge in [-0.3, -0.25) is 0 Å². The molecule has 0 saturated carbocycles. The first-order valence-corrected chi connectivity index (χ1v) is 17.5. The van der Waals surface area contributed by atoms with Crippen LogP contribution in [-0.2, 0) is 9.47 Å². The molecule has 0 bridgehead atoms. The van der Waals surface area contributed by atoms with Crippen LogP contribution in [-0.4, -0.2) is 81.1 Å². The van der Waals surface area contributed by atoms with Crippen molar-refractivity contribution in [3.63, 3.8) is 0 Å². The Morgan fingerprint density at radius 1 is 1.07 bits per heavy atom. The Hall–Kier alpha value is 0.755. The number of ether oxygens (including phenoxy) is 2. The van der Waals surface area contributed by atoms with Crippen LogP contribution in [0.15, 0.2) is 0 Å². The van der Waals surface area contributed by atoms with E-state index >= 15 is 0 Å². The van der Waals surface area contributed by atoms with E-state index in [1.807, 2.05) is 0 Å². The van der Waals surface area contributed by atoms with Gasteiger partial charge >= 0.3 is 0 Å². The minimum Gasteiger partial charge on any atom is -0.358 e. The Morgan fingerprint density at radius 3 is 1.93 bits per heavy atom. The van der Waals surface area contributed by atoms with Gasteiger partial charge in [-0.2, -0.15) is 0 Å². The number of hydrogen-bond acceptors (Lipinski definition) is 2. The fraction of sp³-hybridized carbons (Fsp3) is 0.864. The zero-order valence-electron chi connectivity index (χ0n) is 19.8. The summed E-state index contributed by atoms with van der Waals surface area (Å²) < 4.78 is 12.5. The Kier molecular flexibility index (Phi) is 9.49. The van der Waals surface area contributed by atoms with Crippen molar-refractivity contribution in [3.8, 4) is 0 Å². The maximum atomic E-state index is 6.51. The van der Waals surface area contributed by atoms with Crippen molar-refractivity contribution in [1.29, 1.82) is 0 Å². The Balaban J connectivity index is 2.82. The molecule has 2 radical (unpaired) electrons. The molecule has 5 atom stereocenters. The predicted molar refractivity (Wildman–Crippen MR) is 141 cm³/mol. The van der Waals surface area contributed by atoms with Crippen LogP contribution in [0.5, 0.6) is 0 Å². The second-order valence-electron chi connectivity index (χ2n) is 9.86. The van der Waals surface area contributed by atoms with Crippen molar-refractivity contribution >= 4 is 48.1 Å². The highest BCUT2D eigenvalue weighted by Crippen LogP contribution is 2.59. The lowest BCUT2D eigenvalue weighted by Crippen LogP contribution is -2.33. The van der Waals surface area contributed by atoms with Gasteiger partial charge in [0.1, 0.15) is 21.3 Å². The quantitative estimate of drug-likeness (QED) is 0.283. The summed E-state index contributed by atoms with van der Waals surface area (Å²) in [5, 5.41) is -0.307. The van der Waals surface area contributed by atoms with Crippen molar-refractivity contribution in [2.24, 2.45) is 11.3 Å². The van der Waals surface area contributed by atoms with E-state index in [1.54, 1.807) is 0 Å². The molecule has 0 N–H and O–H groups in total. The molecule has 1 fully saturated rings. The van der Waals surface area contributed by atoms with E-state index < -0.39 is 21.3 Å². The molecule has 1 rings (SSSR count). The molecule has 0 amide bonds. The van der Waals surface area contributed by atoms with E-state index in [1.165, 1.54) is 30.8 Å². The monoisotopic (exact) mass is 445 g/mol. The Morgan fingerprint density at radius 2 is 1.54 bits per heavy atom. The second kappa shape index (κ2) is 9.92. The summed E-state index contributed by atoms with van der Waals surface area (Å²) >= 11 is 0. The van der Waals surface area contributed by atoms with Crippen molar-refractivity contribution in [1.82, 2.24) is 0 Å². The standard InChI is InChI=1S/C22H45BO2P3/c1-12-27(10,13-2)15-16-28(11,14-3)17-26(9)22(7,8)25-19-18(4)21(5,6)20(23)24-19/h18-20H,9-17H2,1-8H3/q+1/t18-,19-,20-,28?/m1/s1. The van der Waals surface area contributed by atoms with Crippen molar-refractivity contribution in [3.05, 3.63) is 0 Å². The summed E-state index contributed by atoms with van der Waals surface area (Å²) in [6.07, 6.45) is 19.9. The lowest BCUT2D eigenvalue weighted by atomic mass is 9.70. The molecular formula is C22H45BO2P3+. The SMILES string of the molecule is [B][C@@H]1O[C@H](OC(C)(C)[P+](=C)CP(=C)(CC)CCP(=C)(CC)CC)[C@@H](C)C1(C)C. The van der Waals surface area contributed by atoms with Gasteiger partial charge in [-0.05, 0) is 36.2 Å². The van der Waals surface area contributed by atoms with E-state index in [-0.39, 0.29) is 29.0 Å². The van der Waals surface area contributed by atoms with Gasteiger partial charge in [0, 0.05) is 25.8 Å². The molecule has 1 aliphatic heterocycles. The van der Waals surface area contributed by atoms with Gasteiger partial charge in [0.2, 0.25) is 5.34 Å². The molecule has 1 aliphatic rings. The highest BCUT2D eigenvalue weighted by Gasteiger charge is 2.49. The Labute approximate surface area is 178 Å². The highest BCUT2D eigenvalue weighted by atomic mass is 31.2. The summed E-state index contributed by atoms with van der Waals surface area (Å²) in [5.41, 5.74) is -0.0847. The molecule has 28 heavy (non-hydrogen) atoms. The molecule has 0 spiro atoms. The normalized spacial score (nSPS) is 28.1. The number of hydrogen-bond donors (Lipinski definition) is 0. The molecule has 162 valence electrons. The fourth-order valence-electron chi connectivity index (χ4n) is 3.36. The van der Waals surface area contributed by atoms with Crippen molar-refractivity contribution in [2.45, 2.75) is 73.0 Å². The summed E-state index contributed by atoms with van der Waals surface area (Å²) in [6.45, 7) is 15.5. The first-order valence-electron chi connectivity index (χ1n) is 10.7. The summed E-state index contributed by atoms with van der Waals surface area (Å²) in [4.78, 5) is 0. The molecule has 0 aromatic heterocycles. The minimum absolute atomic E-state index is 0.0847. The van der Waals surface area contributed by atoms with Gasteiger partial charge in [-0.15, -0.1) is 13.2 Å². The summed E-state index contributed by atoms with van der Waals surface area (Å²) in [7, 11) is 5.63. The topological polar surface area (TPSA) is 18.5 Å². The minimum atomic E-state index is -1.26. The fourth-order valence-corrected chi connectivity index (χ4v) is 14.0. The van der Waals surface area contributed by atoms with Crippen LogP contribution in [0, 0.1) is 11.3 Å². The first kappa shape index (κ1) is 26.8. The molecule has 6 heteroatoms. The Bertz CT molecular complexity index is 634. The molecule has 2 unspecified atom stereocenters. The van der Waals surface area contributed by atoms with E-state index in [9.17, 15) is 0 Å². The van der Waals surface area contributed by atoms with Gasteiger partial charge in [0.05, 0.1) is 6.30 Å². The molecule has 0 aromatic rings. The van der Waals surface area contributed by atoms with E-state index in [4.69, 9.17) is 23.6 Å². The molecular weight excluding hydrogens is 400 g/mol. The predicted octanol–water partition coefficient (Wildman–Crippen LogP) is 6.08. The molecule has 0 aromatic carbocycles. The van der Waals surface area contributed by atoms with E-state index in [2.05, 4.69) is 68.0 Å². The first-order chi connectivity index (χ1) is 12.7. The third kappa shape index (κ3) is 6.38. The van der Waals surface area contributed by atoms with Gasteiger partial charge in [-0.1, -0.05) is 54.7 Å². The lowest BCUT2D eigenvalue weighted by molar-refractivity contribution is -0.168. The smallest absolute Gasteiger partial charge is 0.221 e. The van der Waals surface area contributed by atoms with Crippen LogP contribution < -0.4 is 0 Å². The molecule has 0 aliphatic carbocycles. The van der Waals surface area contributed by atoms with Crippen molar-refractivity contribution in [2.75, 3.05) is 36.7 Å². The van der Waals surface area contributed by atoms with Gasteiger partial charge in [0.15, 0.2) is 6.29 Å². The van der Waals surface area contributed by atoms with Crippen LogP contribution >= 0.6 is 21.3 Å². The zero-order valence-corrected chi connectivity index (χ0v) is 22.5. The van der Waals surface area contributed by atoms with Crippen LogP contribution in [0.25, 0.3) is 0 Å². The molecule has 1 saturated heterocycles. The van der Waals surface area contributed by atoms with Crippen LogP contribution in [0.1, 0.15) is 55.4 Å². The van der Waals surface area contributed by atoms with Crippen LogP contribution in [0.4, 0.5) is 0 Å². The molecule has 2 nitrogen and oxygen atoms in total. The van der Waals surface area contributed by atoms with Gasteiger partial charge in [0.25, 0.3) is 0 Å². The lowest BCUT2D eigenvalue weighted by Gasteiger charge is -2.31. The second-order valence-corrected chi connectivity index (χ2v) is 21.3. The van der Waals surface area contributed by atoms with Crippen LogP contribution in [0.3, 0.4) is 0 Å². The van der Waals surface area contributed by atoms with Gasteiger partial charge in [-0.25, -0.2) is 0 Å². The summed E-state index contributed by atoms with van der Waals surface area (Å²) in [6, 6.07) is -0.286. The summed E-state index contributed by atoms with van der Waals surface area (Å²) in [5.74, 6) is 1.37. The van der Waals surface area contributed by atoms with Crippen molar-refractivity contribution < 1.29 is 9.47 Å². The molecule has 1 heterocycles. The average molecular weight is 445 g/mol. The van der Waals surface area contributed by atoms with Gasteiger partial charge < -0.3 is 9.47 Å².